The molecular formula is C15H20O. The molecule has 0 fully saturated rings. The number of unbranched alkanes of at least 4 members (excludes halogenated alkanes) is 4. The summed E-state index contributed by atoms with van der Waals surface area (Å²) in [7, 11) is 0. The standard InChI is InChI=1S/C15H20O/c1-2-3-4-5-6-7-8-11-14-12-9-10-13-15(14)16/h9-10,12-13,16H,2-6,11H2,1H3. The molecule has 1 nitrogen and oxygen atoms in total. The summed E-state index contributed by atoms with van der Waals surface area (Å²) in [6.07, 6.45) is 6.68. The van der Waals surface area contributed by atoms with Gasteiger partial charge in [0, 0.05) is 18.4 Å². The molecule has 1 rings (SSSR count). The lowest BCUT2D eigenvalue weighted by atomic mass is 10.1. The zero-order valence-corrected chi connectivity index (χ0v) is 10.00. The van der Waals surface area contributed by atoms with E-state index < -0.39 is 0 Å². The summed E-state index contributed by atoms with van der Waals surface area (Å²) < 4.78 is 0. The zero-order valence-electron chi connectivity index (χ0n) is 10.00. The molecule has 0 spiro atoms. The van der Waals surface area contributed by atoms with Gasteiger partial charge in [-0.2, -0.15) is 0 Å². The van der Waals surface area contributed by atoms with E-state index in [1.54, 1.807) is 6.07 Å². The molecule has 0 saturated heterocycles. The molecule has 0 heterocycles. The minimum absolute atomic E-state index is 0.350. The Morgan fingerprint density at radius 2 is 1.88 bits per heavy atom. The summed E-state index contributed by atoms with van der Waals surface area (Å²) >= 11 is 0. The van der Waals surface area contributed by atoms with Crippen LogP contribution >= 0.6 is 0 Å². The minimum Gasteiger partial charge on any atom is -0.508 e. The minimum atomic E-state index is 0.350. The van der Waals surface area contributed by atoms with Crippen LogP contribution in [0, 0.1) is 11.8 Å². The van der Waals surface area contributed by atoms with Crippen LogP contribution in [0.15, 0.2) is 24.3 Å². The maximum absolute atomic E-state index is 9.52. The van der Waals surface area contributed by atoms with E-state index >= 15 is 0 Å². The van der Waals surface area contributed by atoms with Gasteiger partial charge in [-0.3, -0.25) is 0 Å². The Hall–Kier alpha value is -1.42. The molecule has 1 N–H and O–H groups in total. The van der Waals surface area contributed by atoms with E-state index in [0.717, 1.165) is 12.0 Å². The summed E-state index contributed by atoms with van der Waals surface area (Å²) in [4.78, 5) is 0. The number of hydrogen-bond donors (Lipinski definition) is 1. The first kappa shape index (κ1) is 12.6. The van der Waals surface area contributed by atoms with Gasteiger partial charge in [0.05, 0.1) is 0 Å². The van der Waals surface area contributed by atoms with Gasteiger partial charge in [-0.15, -0.1) is 5.92 Å². The largest absolute Gasteiger partial charge is 0.508 e. The average Bonchev–Trinajstić information content (AvgIpc) is 2.30. The second kappa shape index (κ2) is 7.82. The highest BCUT2D eigenvalue weighted by Crippen LogP contribution is 2.15. The number of phenolic OH excluding ortho intramolecular Hbond substituents is 1. The second-order valence-corrected chi connectivity index (χ2v) is 3.97. The van der Waals surface area contributed by atoms with Gasteiger partial charge >= 0.3 is 0 Å². The molecule has 0 aromatic heterocycles. The molecule has 0 aliphatic carbocycles. The summed E-state index contributed by atoms with van der Waals surface area (Å²) in [5.41, 5.74) is 0.920. The molecule has 86 valence electrons. The lowest BCUT2D eigenvalue weighted by Gasteiger charge is -1.97. The lowest BCUT2D eigenvalue weighted by Crippen LogP contribution is -1.81. The van der Waals surface area contributed by atoms with Crippen LogP contribution in [0.25, 0.3) is 0 Å². The molecule has 1 aromatic rings. The molecule has 0 amide bonds. The van der Waals surface area contributed by atoms with E-state index in [1.165, 1.54) is 25.7 Å². The van der Waals surface area contributed by atoms with Crippen molar-refractivity contribution in [3.63, 3.8) is 0 Å². The van der Waals surface area contributed by atoms with Crippen LogP contribution in [0.5, 0.6) is 5.75 Å². The van der Waals surface area contributed by atoms with Crippen LogP contribution in [0.1, 0.15) is 44.6 Å². The fraction of sp³-hybridized carbons (Fsp3) is 0.467. The van der Waals surface area contributed by atoms with Crippen molar-refractivity contribution in [2.24, 2.45) is 0 Å². The summed E-state index contributed by atoms with van der Waals surface area (Å²) in [6, 6.07) is 7.38. The van der Waals surface area contributed by atoms with Crippen LogP contribution in [0.4, 0.5) is 0 Å². The highest BCUT2D eigenvalue weighted by atomic mass is 16.3. The third kappa shape index (κ3) is 4.89. The normalized spacial score (nSPS) is 9.56. The van der Waals surface area contributed by atoms with Crippen molar-refractivity contribution in [2.75, 3.05) is 0 Å². The highest BCUT2D eigenvalue weighted by Gasteiger charge is 1.95. The van der Waals surface area contributed by atoms with Crippen LogP contribution < -0.4 is 0 Å². The van der Waals surface area contributed by atoms with Gasteiger partial charge in [0.15, 0.2) is 0 Å². The molecule has 1 heteroatoms. The number of aromatic hydroxyl groups is 1. The van der Waals surface area contributed by atoms with E-state index in [9.17, 15) is 5.11 Å². The number of rotatable bonds is 5. The van der Waals surface area contributed by atoms with Crippen molar-refractivity contribution in [1.29, 1.82) is 0 Å². The van der Waals surface area contributed by atoms with Gasteiger partial charge in [0.2, 0.25) is 0 Å². The van der Waals surface area contributed by atoms with Crippen LogP contribution in [-0.2, 0) is 6.42 Å². The quantitative estimate of drug-likeness (QED) is 0.584. The number of hydrogen-bond acceptors (Lipinski definition) is 1. The fourth-order valence-corrected chi connectivity index (χ4v) is 1.55. The Bertz CT molecular complexity index is 357. The maximum Gasteiger partial charge on any atom is 0.119 e. The van der Waals surface area contributed by atoms with E-state index in [-0.39, 0.29) is 0 Å². The van der Waals surface area contributed by atoms with Gasteiger partial charge in [-0.1, -0.05) is 50.3 Å². The van der Waals surface area contributed by atoms with Crippen LogP contribution in [0.2, 0.25) is 0 Å². The van der Waals surface area contributed by atoms with Crippen molar-refractivity contribution in [2.45, 2.75) is 45.4 Å². The molecule has 0 bridgehead atoms. The van der Waals surface area contributed by atoms with Crippen molar-refractivity contribution < 1.29 is 5.11 Å². The van der Waals surface area contributed by atoms with Crippen LogP contribution in [-0.4, -0.2) is 5.11 Å². The first-order valence-electron chi connectivity index (χ1n) is 6.07. The van der Waals surface area contributed by atoms with E-state index in [0.29, 0.717) is 12.2 Å². The molecule has 0 aliphatic heterocycles. The van der Waals surface area contributed by atoms with Crippen molar-refractivity contribution in [1.82, 2.24) is 0 Å². The maximum atomic E-state index is 9.52. The Morgan fingerprint density at radius 1 is 1.06 bits per heavy atom. The topological polar surface area (TPSA) is 20.2 Å². The molecule has 0 radical (unpaired) electrons. The summed E-state index contributed by atoms with van der Waals surface area (Å²) in [5.74, 6) is 6.62. The van der Waals surface area contributed by atoms with E-state index in [2.05, 4.69) is 18.8 Å². The highest BCUT2D eigenvalue weighted by molar-refractivity contribution is 5.34. The smallest absolute Gasteiger partial charge is 0.119 e. The molecule has 1 aromatic carbocycles. The Labute approximate surface area is 98.5 Å². The molecule has 0 unspecified atom stereocenters. The molecule has 16 heavy (non-hydrogen) atoms. The predicted octanol–water partition coefficient (Wildman–Crippen LogP) is 3.91. The second-order valence-electron chi connectivity index (χ2n) is 3.97. The third-order valence-corrected chi connectivity index (χ3v) is 2.55. The lowest BCUT2D eigenvalue weighted by molar-refractivity contribution is 0.470. The predicted molar refractivity (Wildman–Crippen MR) is 68.3 cm³/mol. The summed E-state index contributed by atoms with van der Waals surface area (Å²) in [6.45, 7) is 2.21. The van der Waals surface area contributed by atoms with Gasteiger partial charge in [-0.25, -0.2) is 0 Å². The molecule has 0 aliphatic rings. The number of para-hydroxylation sites is 1. The Balaban J connectivity index is 2.24. The van der Waals surface area contributed by atoms with Gasteiger partial charge < -0.3 is 5.11 Å². The number of phenols is 1. The summed E-state index contributed by atoms with van der Waals surface area (Å²) in [5, 5.41) is 9.52. The van der Waals surface area contributed by atoms with Crippen LogP contribution in [0.3, 0.4) is 0 Å². The van der Waals surface area contributed by atoms with Gasteiger partial charge in [-0.05, 0) is 12.5 Å². The molecule has 0 atom stereocenters. The molecule has 0 saturated carbocycles. The number of benzene rings is 1. The Kier molecular flexibility index (Phi) is 6.18. The first-order chi connectivity index (χ1) is 7.84. The Morgan fingerprint density at radius 3 is 2.62 bits per heavy atom. The van der Waals surface area contributed by atoms with E-state index in [1.807, 2.05) is 18.2 Å². The zero-order chi connectivity index (χ0) is 11.6. The monoisotopic (exact) mass is 216 g/mol. The third-order valence-electron chi connectivity index (χ3n) is 2.55. The molecular weight excluding hydrogens is 196 g/mol. The van der Waals surface area contributed by atoms with Gasteiger partial charge in [0.25, 0.3) is 0 Å². The van der Waals surface area contributed by atoms with Crippen molar-refractivity contribution in [3.8, 4) is 17.6 Å². The fourth-order valence-electron chi connectivity index (χ4n) is 1.55. The first-order valence-corrected chi connectivity index (χ1v) is 6.07. The van der Waals surface area contributed by atoms with Gasteiger partial charge in [0.1, 0.15) is 5.75 Å². The SMILES string of the molecule is CCCCCCC#CCc1ccccc1O. The van der Waals surface area contributed by atoms with E-state index in [4.69, 9.17) is 0 Å². The van der Waals surface area contributed by atoms with Crippen molar-refractivity contribution >= 4 is 0 Å². The van der Waals surface area contributed by atoms with Crippen molar-refractivity contribution in [3.05, 3.63) is 29.8 Å². The average molecular weight is 216 g/mol.